The Kier molecular flexibility index (Phi) is 1.89. The normalized spacial score (nSPS) is 9.90. The molecule has 0 aliphatic carbocycles. The van der Waals surface area contributed by atoms with Crippen molar-refractivity contribution < 1.29 is 4.39 Å². The summed E-state index contributed by atoms with van der Waals surface area (Å²) < 4.78 is 14.0. The summed E-state index contributed by atoms with van der Waals surface area (Å²) >= 11 is 2.89. The van der Waals surface area contributed by atoms with Crippen molar-refractivity contribution >= 4 is 15.9 Å². The van der Waals surface area contributed by atoms with Crippen LogP contribution in [0.25, 0.3) is 0 Å². The van der Waals surface area contributed by atoms with Crippen LogP contribution < -0.4 is 5.56 Å². The standard InChI is InChI=1S/C6H5BrFNO/c1-9-3-2-4(7)5(8)6(9)10/h2-3H,1H3. The number of halogens is 2. The van der Waals surface area contributed by atoms with Gasteiger partial charge in [0.1, 0.15) is 0 Å². The van der Waals surface area contributed by atoms with Crippen molar-refractivity contribution in [2.45, 2.75) is 0 Å². The summed E-state index contributed by atoms with van der Waals surface area (Å²) in [4.78, 5) is 10.7. The third kappa shape index (κ3) is 1.11. The van der Waals surface area contributed by atoms with Crippen LogP contribution in [0.2, 0.25) is 0 Å². The first kappa shape index (κ1) is 7.47. The number of aromatic nitrogens is 1. The second kappa shape index (κ2) is 2.54. The van der Waals surface area contributed by atoms with E-state index in [2.05, 4.69) is 15.9 Å². The van der Waals surface area contributed by atoms with Gasteiger partial charge in [-0.05, 0) is 22.0 Å². The molecule has 0 amide bonds. The molecule has 0 aliphatic heterocycles. The molecule has 1 aromatic rings. The highest BCUT2D eigenvalue weighted by atomic mass is 79.9. The zero-order valence-electron chi connectivity index (χ0n) is 5.27. The van der Waals surface area contributed by atoms with Gasteiger partial charge in [-0.15, -0.1) is 0 Å². The van der Waals surface area contributed by atoms with Gasteiger partial charge in [-0.25, -0.2) is 0 Å². The lowest BCUT2D eigenvalue weighted by Crippen LogP contribution is -2.19. The molecular formula is C6H5BrFNO. The van der Waals surface area contributed by atoms with Gasteiger partial charge in [-0.1, -0.05) is 0 Å². The molecule has 0 saturated carbocycles. The summed E-state index contributed by atoms with van der Waals surface area (Å²) in [6, 6.07) is 1.48. The van der Waals surface area contributed by atoms with Crippen LogP contribution in [0.15, 0.2) is 21.5 Å². The number of rotatable bonds is 0. The highest BCUT2D eigenvalue weighted by Crippen LogP contribution is 2.08. The Bertz CT molecular complexity index is 307. The van der Waals surface area contributed by atoms with Crippen LogP contribution in [0.5, 0.6) is 0 Å². The van der Waals surface area contributed by atoms with E-state index in [4.69, 9.17) is 0 Å². The topological polar surface area (TPSA) is 22.0 Å². The minimum atomic E-state index is -0.745. The van der Waals surface area contributed by atoms with Crippen LogP contribution in [0.4, 0.5) is 4.39 Å². The zero-order chi connectivity index (χ0) is 7.72. The van der Waals surface area contributed by atoms with Crippen molar-refractivity contribution in [3.05, 3.63) is 32.9 Å². The smallest absolute Gasteiger partial charge is 0.287 e. The number of hydrogen-bond donors (Lipinski definition) is 0. The lowest BCUT2D eigenvalue weighted by Gasteiger charge is -1.96. The third-order valence-corrected chi connectivity index (χ3v) is 1.77. The molecule has 0 N–H and O–H groups in total. The number of pyridine rings is 1. The minimum absolute atomic E-state index is 0.204. The van der Waals surface area contributed by atoms with Gasteiger partial charge >= 0.3 is 0 Å². The molecule has 2 nitrogen and oxygen atoms in total. The van der Waals surface area contributed by atoms with Crippen molar-refractivity contribution in [2.75, 3.05) is 0 Å². The van der Waals surface area contributed by atoms with E-state index in [9.17, 15) is 9.18 Å². The van der Waals surface area contributed by atoms with E-state index in [1.807, 2.05) is 0 Å². The van der Waals surface area contributed by atoms with Gasteiger partial charge in [0.25, 0.3) is 5.56 Å². The SMILES string of the molecule is Cn1ccc(Br)c(F)c1=O. The highest BCUT2D eigenvalue weighted by molar-refractivity contribution is 9.10. The molecule has 4 heteroatoms. The second-order valence-electron chi connectivity index (χ2n) is 1.89. The number of hydrogen-bond acceptors (Lipinski definition) is 1. The van der Waals surface area contributed by atoms with E-state index < -0.39 is 11.4 Å². The maximum atomic E-state index is 12.6. The van der Waals surface area contributed by atoms with E-state index in [1.54, 1.807) is 0 Å². The summed E-state index contributed by atoms with van der Waals surface area (Å²) in [6.07, 6.45) is 1.50. The first-order chi connectivity index (χ1) is 4.63. The second-order valence-corrected chi connectivity index (χ2v) is 2.75. The van der Waals surface area contributed by atoms with Gasteiger partial charge in [0.2, 0.25) is 5.82 Å². The highest BCUT2D eigenvalue weighted by Gasteiger charge is 2.03. The molecule has 0 atom stereocenters. The van der Waals surface area contributed by atoms with Crippen molar-refractivity contribution in [1.29, 1.82) is 0 Å². The van der Waals surface area contributed by atoms with Gasteiger partial charge in [0, 0.05) is 13.2 Å². The molecule has 10 heavy (non-hydrogen) atoms. The van der Waals surface area contributed by atoms with Crippen molar-refractivity contribution in [3.63, 3.8) is 0 Å². The molecule has 1 aromatic heterocycles. The molecule has 0 radical (unpaired) electrons. The van der Waals surface area contributed by atoms with Crippen LogP contribution in [0.3, 0.4) is 0 Å². The van der Waals surface area contributed by atoms with Crippen LogP contribution in [-0.4, -0.2) is 4.57 Å². The number of nitrogens with zero attached hydrogens (tertiary/aromatic N) is 1. The van der Waals surface area contributed by atoms with E-state index in [1.165, 1.54) is 23.9 Å². The fourth-order valence-electron chi connectivity index (χ4n) is 0.575. The monoisotopic (exact) mass is 205 g/mol. The molecule has 0 bridgehead atoms. The molecule has 0 fully saturated rings. The van der Waals surface area contributed by atoms with Crippen molar-refractivity contribution in [3.8, 4) is 0 Å². The Hall–Kier alpha value is -0.640. The lowest BCUT2D eigenvalue weighted by molar-refractivity contribution is 0.584. The fraction of sp³-hybridized carbons (Fsp3) is 0.167. The van der Waals surface area contributed by atoms with E-state index in [0.29, 0.717) is 0 Å². The molecule has 1 heterocycles. The van der Waals surface area contributed by atoms with Gasteiger partial charge < -0.3 is 4.57 Å². The summed E-state index contributed by atoms with van der Waals surface area (Å²) in [5.41, 5.74) is -0.616. The lowest BCUT2D eigenvalue weighted by atomic mass is 10.5. The van der Waals surface area contributed by atoms with Crippen LogP contribution in [-0.2, 0) is 7.05 Å². The van der Waals surface area contributed by atoms with Crippen molar-refractivity contribution in [2.24, 2.45) is 7.05 Å². The Morgan fingerprint density at radius 3 is 2.80 bits per heavy atom. The zero-order valence-corrected chi connectivity index (χ0v) is 6.85. The summed E-state index contributed by atoms with van der Waals surface area (Å²) in [7, 11) is 1.50. The molecule has 1 rings (SSSR count). The summed E-state index contributed by atoms with van der Waals surface area (Å²) in [5, 5.41) is 0. The molecule has 0 aliphatic rings. The van der Waals surface area contributed by atoms with Gasteiger partial charge in [-0.2, -0.15) is 4.39 Å². The van der Waals surface area contributed by atoms with Gasteiger partial charge in [0.15, 0.2) is 0 Å². The Morgan fingerprint density at radius 2 is 2.30 bits per heavy atom. The Labute approximate surface area is 65.4 Å². The minimum Gasteiger partial charge on any atom is -0.316 e. The molecule has 54 valence electrons. The van der Waals surface area contributed by atoms with Crippen LogP contribution in [0.1, 0.15) is 0 Å². The molecule has 0 aromatic carbocycles. The predicted octanol–water partition coefficient (Wildman–Crippen LogP) is 1.29. The van der Waals surface area contributed by atoms with E-state index in [-0.39, 0.29) is 4.47 Å². The quantitative estimate of drug-likeness (QED) is 0.626. The Balaban J connectivity index is 3.50. The molecule has 0 spiro atoms. The van der Waals surface area contributed by atoms with Crippen LogP contribution in [0, 0.1) is 5.82 Å². The van der Waals surface area contributed by atoms with Crippen molar-refractivity contribution in [1.82, 2.24) is 4.57 Å². The molecule has 0 unspecified atom stereocenters. The largest absolute Gasteiger partial charge is 0.316 e. The Morgan fingerprint density at radius 1 is 1.70 bits per heavy atom. The first-order valence-electron chi connectivity index (χ1n) is 2.63. The predicted molar refractivity (Wildman–Crippen MR) is 39.3 cm³/mol. The van der Waals surface area contributed by atoms with Crippen LogP contribution >= 0.6 is 15.9 Å². The first-order valence-corrected chi connectivity index (χ1v) is 3.43. The molecular weight excluding hydrogens is 201 g/mol. The average molecular weight is 206 g/mol. The average Bonchev–Trinajstić information content (AvgIpc) is 1.93. The van der Waals surface area contributed by atoms with Gasteiger partial charge in [-0.3, -0.25) is 4.79 Å². The van der Waals surface area contributed by atoms with E-state index in [0.717, 1.165) is 0 Å². The maximum Gasteiger partial charge on any atom is 0.287 e. The van der Waals surface area contributed by atoms with E-state index >= 15 is 0 Å². The maximum absolute atomic E-state index is 12.6. The van der Waals surface area contributed by atoms with Gasteiger partial charge in [0.05, 0.1) is 4.47 Å². The fourth-order valence-corrected chi connectivity index (χ4v) is 0.863. The number of aryl methyl sites for hydroxylation is 1. The summed E-state index contributed by atoms with van der Waals surface area (Å²) in [5.74, 6) is -0.745. The third-order valence-electron chi connectivity index (χ3n) is 1.16. The summed E-state index contributed by atoms with van der Waals surface area (Å²) in [6.45, 7) is 0. The molecule has 0 saturated heterocycles.